The van der Waals surface area contributed by atoms with Crippen LogP contribution in [-0.4, -0.2) is 29.8 Å². The Hall–Kier alpha value is -2.88. The van der Waals surface area contributed by atoms with Crippen molar-refractivity contribution in [3.05, 3.63) is 76.6 Å². The summed E-state index contributed by atoms with van der Waals surface area (Å²) in [6.07, 6.45) is 3.31. The Kier molecular flexibility index (Phi) is 5.52. The summed E-state index contributed by atoms with van der Waals surface area (Å²) < 4.78 is 5.21. The van der Waals surface area contributed by atoms with Gasteiger partial charge in [0.2, 0.25) is 0 Å². The molecule has 1 N–H and O–H groups in total. The molecule has 0 saturated heterocycles. The summed E-state index contributed by atoms with van der Waals surface area (Å²) in [6, 6.07) is 16.3. The van der Waals surface area contributed by atoms with Crippen LogP contribution in [0.1, 0.15) is 48.8 Å². The summed E-state index contributed by atoms with van der Waals surface area (Å²) >= 11 is 0. The number of carbonyl (C=O) groups is 1. The number of rotatable bonds is 5. The molecule has 4 rings (SSSR count). The predicted molar refractivity (Wildman–Crippen MR) is 115 cm³/mol. The average Bonchev–Trinajstić information content (AvgIpc) is 3.15. The summed E-state index contributed by atoms with van der Waals surface area (Å²) in [5, 5.41) is 10.8. The lowest BCUT2D eigenvalue weighted by Crippen LogP contribution is -2.24. The predicted octanol–water partition coefficient (Wildman–Crippen LogP) is 4.97. The van der Waals surface area contributed by atoms with E-state index >= 15 is 0 Å². The van der Waals surface area contributed by atoms with Crippen LogP contribution in [0.5, 0.6) is 5.75 Å². The van der Waals surface area contributed by atoms with Gasteiger partial charge in [0.1, 0.15) is 11.5 Å². The van der Waals surface area contributed by atoms with Crippen LogP contribution < -0.4 is 4.74 Å². The minimum absolute atomic E-state index is 0.00834. The molecule has 0 heterocycles. The van der Waals surface area contributed by atoms with Gasteiger partial charge in [0.25, 0.3) is 0 Å². The molecule has 29 heavy (non-hydrogen) atoms. The summed E-state index contributed by atoms with van der Waals surface area (Å²) in [7, 11) is 1.63. The van der Waals surface area contributed by atoms with Crippen LogP contribution in [0.15, 0.2) is 64.9 Å². The Bertz CT molecular complexity index is 947. The number of hydrogen-bond acceptors (Lipinski definition) is 4. The Morgan fingerprint density at radius 2 is 1.69 bits per heavy atom. The molecule has 1 atom stereocenters. The van der Waals surface area contributed by atoms with E-state index in [-0.39, 0.29) is 23.5 Å². The normalized spacial score (nSPS) is 20.1. The van der Waals surface area contributed by atoms with Crippen LogP contribution in [0.2, 0.25) is 0 Å². The van der Waals surface area contributed by atoms with E-state index in [0.717, 1.165) is 29.9 Å². The van der Waals surface area contributed by atoms with Gasteiger partial charge < -0.3 is 9.84 Å². The first-order chi connectivity index (χ1) is 14.1. The van der Waals surface area contributed by atoms with Crippen molar-refractivity contribution >= 4 is 11.5 Å². The summed E-state index contributed by atoms with van der Waals surface area (Å²) in [5.74, 6) is 0.948. The molecule has 2 aliphatic carbocycles. The van der Waals surface area contributed by atoms with Gasteiger partial charge in [-0.2, -0.15) is 0 Å². The topological polar surface area (TPSA) is 58.9 Å². The number of nitrogens with zero attached hydrogens (tertiary/aromatic N) is 1. The summed E-state index contributed by atoms with van der Waals surface area (Å²) in [5.41, 5.74) is 4.92. The fourth-order valence-corrected chi connectivity index (χ4v) is 4.51. The quantitative estimate of drug-likeness (QED) is 0.734. The molecule has 0 saturated carbocycles. The molecule has 0 aromatic heterocycles. The second-order valence-corrected chi connectivity index (χ2v) is 7.88. The number of fused-ring (bicyclic) bond motifs is 1. The maximum Gasteiger partial charge on any atom is 0.168 e. The number of ether oxygens (including phenoxy) is 1. The zero-order valence-corrected chi connectivity index (χ0v) is 17.0. The lowest BCUT2D eigenvalue weighted by molar-refractivity contribution is -0.116. The van der Waals surface area contributed by atoms with E-state index in [1.54, 1.807) is 7.11 Å². The second-order valence-electron chi connectivity index (χ2n) is 7.88. The van der Waals surface area contributed by atoms with Crippen molar-refractivity contribution in [3.8, 4) is 5.75 Å². The molecule has 0 spiro atoms. The van der Waals surface area contributed by atoms with Crippen molar-refractivity contribution in [1.82, 2.24) is 0 Å². The zero-order valence-electron chi connectivity index (χ0n) is 17.0. The smallest absolute Gasteiger partial charge is 0.168 e. The zero-order chi connectivity index (χ0) is 20.4. The lowest BCUT2D eigenvalue weighted by Gasteiger charge is -2.25. The molecule has 1 unspecified atom stereocenters. The Labute approximate surface area is 171 Å². The van der Waals surface area contributed by atoms with E-state index in [1.807, 2.05) is 31.2 Å². The number of hydrogen-bond donors (Lipinski definition) is 1. The van der Waals surface area contributed by atoms with Crippen molar-refractivity contribution in [2.45, 2.75) is 51.0 Å². The lowest BCUT2D eigenvalue weighted by atomic mass is 9.81. The van der Waals surface area contributed by atoms with E-state index < -0.39 is 0 Å². The number of carbonyl (C=O) groups excluding carboxylic acids is 1. The van der Waals surface area contributed by atoms with Crippen molar-refractivity contribution < 1.29 is 14.6 Å². The monoisotopic (exact) mass is 389 g/mol. The third kappa shape index (κ3) is 3.98. The van der Waals surface area contributed by atoms with Crippen LogP contribution in [0.4, 0.5) is 0 Å². The van der Waals surface area contributed by atoms with Crippen LogP contribution in [-0.2, 0) is 17.6 Å². The highest BCUT2D eigenvalue weighted by atomic mass is 16.5. The van der Waals surface area contributed by atoms with Crippen LogP contribution in [0.3, 0.4) is 0 Å². The highest BCUT2D eigenvalue weighted by molar-refractivity contribution is 6.23. The molecule has 0 radical (unpaired) electrons. The first kappa shape index (κ1) is 19.4. The maximum atomic E-state index is 13.0. The number of benzene rings is 2. The highest BCUT2D eigenvalue weighted by Crippen LogP contribution is 2.35. The number of aliphatic hydroxyl groups is 1. The van der Waals surface area contributed by atoms with Gasteiger partial charge >= 0.3 is 0 Å². The molecule has 0 aliphatic heterocycles. The third-order valence-electron chi connectivity index (χ3n) is 6.02. The van der Waals surface area contributed by atoms with E-state index in [9.17, 15) is 9.90 Å². The van der Waals surface area contributed by atoms with Crippen molar-refractivity contribution in [2.75, 3.05) is 7.11 Å². The molecular weight excluding hydrogens is 362 g/mol. The number of ketones is 1. The SMILES string of the molecule is CCC(=NC1Cc2ccccc2C1)C1=C(O)CC(c2ccc(OC)cc2)CC1=O. The average molecular weight is 389 g/mol. The Morgan fingerprint density at radius 1 is 1.03 bits per heavy atom. The van der Waals surface area contributed by atoms with Gasteiger partial charge in [-0.15, -0.1) is 0 Å². The standard InChI is InChI=1S/C25H27NO3/c1-3-22(26-20-12-17-6-4-5-7-18(17)13-20)25-23(27)14-19(15-24(25)28)16-8-10-21(29-2)11-9-16/h4-11,19-20,27H,3,12-15H2,1-2H3. The van der Waals surface area contributed by atoms with Crippen LogP contribution in [0.25, 0.3) is 0 Å². The third-order valence-corrected chi connectivity index (χ3v) is 6.02. The van der Waals surface area contributed by atoms with Gasteiger partial charge in [0.15, 0.2) is 5.78 Å². The summed E-state index contributed by atoms with van der Waals surface area (Å²) in [4.78, 5) is 17.9. The van der Waals surface area contributed by atoms with Gasteiger partial charge in [-0.25, -0.2) is 0 Å². The second kappa shape index (κ2) is 8.24. The molecular formula is C25H27NO3. The van der Waals surface area contributed by atoms with Gasteiger partial charge in [0, 0.05) is 18.6 Å². The minimum Gasteiger partial charge on any atom is -0.511 e. The number of allylic oxidation sites excluding steroid dienone is 2. The number of Topliss-reactive ketones (excluding diaryl/α,β-unsaturated/α-hetero) is 1. The molecule has 0 bridgehead atoms. The Morgan fingerprint density at radius 3 is 2.24 bits per heavy atom. The molecule has 2 aromatic rings. The molecule has 150 valence electrons. The van der Waals surface area contributed by atoms with Crippen molar-refractivity contribution in [3.63, 3.8) is 0 Å². The van der Waals surface area contributed by atoms with Crippen molar-refractivity contribution in [1.29, 1.82) is 0 Å². The minimum atomic E-state index is -0.00863. The first-order valence-corrected chi connectivity index (χ1v) is 10.3. The fraction of sp³-hybridized carbons (Fsp3) is 0.360. The summed E-state index contributed by atoms with van der Waals surface area (Å²) in [6.45, 7) is 2.00. The van der Waals surface area contributed by atoms with E-state index in [1.165, 1.54) is 11.1 Å². The number of methoxy groups -OCH3 is 1. The molecule has 4 heteroatoms. The van der Waals surface area contributed by atoms with E-state index in [0.29, 0.717) is 24.8 Å². The highest BCUT2D eigenvalue weighted by Gasteiger charge is 2.31. The fourth-order valence-electron chi connectivity index (χ4n) is 4.51. The van der Waals surface area contributed by atoms with Gasteiger partial charge in [-0.3, -0.25) is 9.79 Å². The molecule has 2 aromatic carbocycles. The van der Waals surface area contributed by atoms with Crippen LogP contribution >= 0.6 is 0 Å². The van der Waals surface area contributed by atoms with E-state index in [4.69, 9.17) is 9.73 Å². The molecule has 4 nitrogen and oxygen atoms in total. The van der Waals surface area contributed by atoms with Gasteiger partial charge in [-0.1, -0.05) is 43.3 Å². The van der Waals surface area contributed by atoms with Crippen LogP contribution in [0, 0.1) is 0 Å². The van der Waals surface area contributed by atoms with Gasteiger partial charge in [-0.05, 0) is 54.0 Å². The van der Waals surface area contributed by atoms with Gasteiger partial charge in [0.05, 0.1) is 18.7 Å². The largest absolute Gasteiger partial charge is 0.511 e. The molecule has 2 aliphatic rings. The molecule has 0 fully saturated rings. The maximum absolute atomic E-state index is 13.0. The number of aliphatic hydroxyl groups excluding tert-OH is 1. The first-order valence-electron chi connectivity index (χ1n) is 10.3. The Balaban J connectivity index is 1.55. The molecule has 0 amide bonds. The van der Waals surface area contributed by atoms with E-state index in [2.05, 4.69) is 24.3 Å². The number of aliphatic imine (C=N–C) groups is 1. The van der Waals surface area contributed by atoms with Crippen molar-refractivity contribution in [2.24, 2.45) is 4.99 Å².